The average molecular weight is 189 g/mol. The third-order valence-corrected chi connectivity index (χ3v) is 1.00. The van der Waals surface area contributed by atoms with Crippen molar-refractivity contribution < 1.29 is 15.0 Å². The fourth-order valence-corrected chi connectivity index (χ4v) is 0.565. The van der Waals surface area contributed by atoms with Gasteiger partial charge >= 0.3 is 0 Å². The van der Waals surface area contributed by atoms with Gasteiger partial charge < -0.3 is 15.5 Å². The van der Waals surface area contributed by atoms with Crippen LogP contribution in [0.4, 0.5) is 0 Å². The van der Waals surface area contributed by atoms with Crippen LogP contribution in [-0.2, 0) is 4.79 Å². The second-order valence-corrected chi connectivity index (χ2v) is 2.31. The van der Waals surface area contributed by atoms with E-state index in [4.69, 9.17) is 10.2 Å². The van der Waals surface area contributed by atoms with Crippen molar-refractivity contribution in [2.45, 2.75) is 19.8 Å². The van der Waals surface area contributed by atoms with Gasteiger partial charge in [-0.1, -0.05) is 6.08 Å². The lowest BCUT2D eigenvalue weighted by Crippen LogP contribution is -2.12. The smallest absolute Gasteiger partial charge is 0.220 e. The Morgan fingerprint density at radius 3 is 2.08 bits per heavy atom. The third kappa shape index (κ3) is 18.2. The molecular weight excluding hydrogens is 170 g/mol. The number of nitrogens with one attached hydrogen (secondary N) is 1. The van der Waals surface area contributed by atoms with E-state index in [1.807, 2.05) is 6.92 Å². The van der Waals surface area contributed by atoms with Crippen molar-refractivity contribution in [3.8, 4) is 0 Å². The number of allylic oxidation sites excluding steroid dienone is 1. The van der Waals surface area contributed by atoms with Crippen molar-refractivity contribution in [1.29, 1.82) is 0 Å². The molecule has 0 unspecified atom stereocenters. The van der Waals surface area contributed by atoms with E-state index in [2.05, 4.69) is 11.9 Å². The van der Waals surface area contributed by atoms with Crippen LogP contribution in [0, 0.1) is 0 Å². The summed E-state index contributed by atoms with van der Waals surface area (Å²) in [5.41, 5.74) is 0. The molecule has 0 aromatic carbocycles. The fourth-order valence-electron chi connectivity index (χ4n) is 0.565. The number of hydrogen-bond donors (Lipinski definition) is 3. The molecule has 0 saturated carbocycles. The Labute approximate surface area is 79.3 Å². The highest BCUT2D eigenvalue weighted by Gasteiger charge is 2.05. The summed E-state index contributed by atoms with van der Waals surface area (Å²) in [7, 11) is 0. The van der Waals surface area contributed by atoms with Crippen LogP contribution in [0.1, 0.15) is 19.8 Å². The predicted octanol–water partition coefficient (Wildman–Crippen LogP) is 0.0597. The van der Waals surface area contributed by atoms with Crippen LogP contribution in [0.3, 0.4) is 0 Å². The Morgan fingerprint density at radius 2 is 2.00 bits per heavy atom. The SMILES string of the molecule is C=CC.O=C1CCCN1.OCCO. The third-order valence-electron chi connectivity index (χ3n) is 1.00. The van der Waals surface area contributed by atoms with Crippen LogP contribution in [-0.4, -0.2) is 35.9 Å². The highest BCUT2D eigenvalue weighted by atomic mass is 16.3. The standard InChI is InChI=1S/C4H7NO.C3H6.C2H6O2/c6-4-2-1-3-5-4;1-3-2;3-1-2-4/h1-3H2,(H,5,6);3H,1H2,2H3;3-4H,1-2H2. The lowest BCUT2D eigenvalue weighted by Gasteiger charge is -1.80. The molecule has 4 heteroatoms. The van der Waals surface area contributed by atoms with Gasteiger partial charge in [0.15, 0.2) is 0 Å². The number of rotatable bonds is 1. The minimum Gasteiger partial charge on any atom is -0.394 e. The van der Waals surface area contributed by atoms with E-state index < -0.39 is 0 Å². The summed E-state index contributed by atoms with van der Waals surface area (Å²) >= 11 is 0. The Bertz CT molecular complexity index is 116. The molecule has 4 nitrogen and oxygen atoms in total. The zero-order valence-corrected chi connectivity index (χ0v) is 8.12. The molecular formula is C9H19NO3. The highest BCUT2D eigenvalue weighted by molar-refractivity contribution is 5.77. The Kier molecular flexibility index (Phi) is 15.4. The molecule has 13 heavy (non-hydrogen) atoms. The van der Waals surface area contributed by atoms with Gasteiger partial charge in [-0.25, -0.2) is 0 Å². The van der Waals surface area contributed by atoms with Crippen LogP contribution in [0.5, 0.6) is 0 Å². The van der Waals surface area contributed by atoms with Crippen molar-refractivity contribution in [3.05, 3.63) is 12.7 Å². The first-order valence-corrected chi connectivity index (χ1v) is 4.28. The molecule has 1 heterocycles. The largest absolute Gasteiger partial charge is 0.394 e. The normalized spacial score (nSPS) is 13.0. The maximum Gasteiger partial charge on any atom is 0.220 e. The van der Waals surface area contributed by atoms with Crippen molar-refractivity contribution in [3.63, 3.8) is 0 Å². The van der Waals surface area contributed by atoms with Crippen LogP contribution in [0.2, 0.25) is 0 Å². The number of hydrogen-bond acceptors (Lipinski definition) is 3. The van der Waals surface area contributed by atoms with E-state index in [0.29, 0.717) is 0 Å². The molecule has 1 saturated heterocycles. The maximum absolute atomic E-state index is 10.1. The molecule has 1 fully saturated rings. The number of carbonyl (C=O) groups excluding carboxylic acids is 1. The topological polar surface area (TPSA) is 69.6 Å². The summed E-state index contributed by atoms with van der Waals surface area (Å²) in [6.07, 6.45) is 3.51. The Balaban J connectivity index is 0. The van der Waals surface area contributed by atoms with Gasteiger partial charge in [0, 0.05) is 13.0 Å². The Hall–Kier alpha value is -0.870. The summed E-state index contributed by atoms with van der Waals surface area (Å²) in [6, 6.07) is 0. The molecule has 1 aliphatic rings. The first-order chi connectivity index (χ1) is 6.22. The zero-order chi connectivity index (χ0) is 10.5. The minimum absolute atomic E-state index is 0.125. The second-order valence-electron chi connectivity index (χ2n) is 2.31. The highest BCUT2D eigenvalue weighted by Crippen LogP contribution is 1.93. The van der Waals surface area contributed by atoms with Crippen LogP contribution in [0.25, 0.3) is 0 Å². The van der Waals surface area contributed by atoms with E-state index in [9.17, 15) is 4.79 Å². The summed E-state index contributed by atoms with van der Waals surface area (Å²) in [4.78, 5) is 10.1. The van der Waals surface area contributed by atoms with Gasteiger partial charge in [0.2, 0.25) is 5.91 Å². The lowest BCUT2D eigenvalue weighted by molar-refractivity contribution is -0.119. The fraction of sp³-hybridized carbons (Fsp3) is 0.667. The summed E-state index contributed by atoms with van der Waals surface area (Å²) < 4.78 is 0. The molecule has 1 rings (SSSR count). The van der Waals surface area contributed by atoms with Crippen molar-refractivity contribution in [2.75, 3.05) is 19.8 Å². The first-order valence-electron chi connectivity index (χ1n) is 4.28. The minimum atomic E-state index is -0.125. The molecule has 0 aromatic heterocycles. The molecule has 1 amide bonds. The molecule has 0 bridgehead atoms. The molecule has 3 N–H and O–H groups in total. The van der Waals surface area contributed by atoms with Crippen molar-refractivity contribution >= 4 is 5.91 Å². The van der Waals surface area contributed by atoms with Gasteiger partial charge in [-0.3, -0.25) is 4.79 Å². The van der Waals surface area contributed by atoms with Crippen molar-refractivity contribution in [1.82, 2.24) is 5.32 Å². The van der Waals surface area contributed by atoms with E-state index in [1.165, 1.54) is 0 Å². The number of aliphatic hydroxyl groups is 2. The van der Waals surface area contributed by atoms with Gasteiger partial charge in [-0.15, -0.1) is 6.58 Å². The first kappa shape index (κ1) is 14.6. The summed E-state index contributed by atoms with van der Waals surface area (Å²) in [6.45, 7) is 5.89. The average Bonchev–Trinajstić information content (AvgIpc) is 2.58. The second kappa shape index (κ2) is 13.7. The molecule has 0 aromatic rings. The quantitative estimate of drug-likeness (QED) is 0.511. The Morgan fingerprint density at radius 1 is 1.54 bits per heavy atom. The van der Waals surface area contributed by atoms with Crippen LogP contribution < -0.4 is 5.32 Å². The van der Waals surface area contributed by atoms with Crippen molar-refractivity contribution in [2.24, 2.45) is 0 Å². The van der Waals surface area contributed by atoms with Gasteiger partial charge in [-0.05, 0) is 13.3 Å². The molecule has 78 valence electrons. The molecule has 1 aliphatic heterocycles. The molecule has 0 atom stereocenters. The van der Waals surface area contributed by atoms with Gasteiger partial charge in [0.1, 0.15) is 0 Å². The predicted molar refractivity (Wildman–Crippen MR) is 52.3 cm³/mol. The van der Waals surface area contributed by atoms with Gasteiger partial charge in [0.05, 0.1) is 13.2 Å². The number of aliphatic hydroxyl groups excluding tert-OH is 2. The van der Waals surface area contributed by atoms with Crippen LogP contribution in [0.15, 0.2) is 12.7 Å². The van der Waals surface area contributed by atoms with Crippen LogP contribution >= 0.6 is 0 Å². The van der Waals surface area contributed by atoms with E-state index in [0.717, 1.165) is 19.4 Å². The molecule has 0 radical (unpaired) electrons. The molecule has 0 spiro atoms. The van der Waals surface area contributed by atoms with E-state index >= 15 is 0 Å². The van der Waals surface area contributed by atoms with E-state index in [1.54, 1.807) is 6.08 Å². The van der Waals surface area contributed by atoms with Gasteiger partial charge in [0.25, 0.3) is 0 Å². The number of carbonyl (C=O) groups is 1. The zero-order valence-electron chi connectivity index (χ0n) is 8.12. The summed E-state index contributed by atoms with van der Waals surface area (Å²) in [5, 5.41) is 17.9. The summed E-state index contributed by atoms with van der Waals surface area (Å²) in [5.74, 6) is 0.204. The lowest BCUT2D eigenvalue weighted by atomic mass is 10.4. The molecule has 0 aliphatic carbocycles. The maximum atomic E-state index is 10.1. The van der Waals surface area contributed by atoms with Gasteiger partial charge in [-0.2, -0.15) is 0 Å². The number of amides is 1. The monoisotopic (exact) mass is 189 g/mol. The van der Waals surface area contributed by atoms with E-state index in [-0.39, 0.29) is 19.1 Å².